The van der Waals surface area contributed by atoms with Crippen molar-refractivity contribution in [2.45, 2.75) is 32.3 Å². The van der Waals surface area contributed by atoms with Gasteiger partial charge in [-0.1, -0.05) is 19.9 Å². The van der Waals surface area contributed by atoms with Crippen LogP contribution in [0.5, 0.6) is 0 Å². The highest BCUT2D eigenvalue weighted by Gasteiger charge is 2.27. The molecule has 0 bridgehead atoms. The molecule has 0 saturated carbocycles. The molecule has 2 nitrogen and oxygen atoms in total. The highest BCUT2D eigenvalue weighted by Crippen LogP contribution is 2.14. The Labute approximate surface area is 67.2 Å². The fourth-order valence-electron chi connectivity index (χ4n) is 0.900. The third kappa shape index (κ3) is 2.71. The summed E-state index contributed by atoms with van der Waals surface area (Å²) in [6.07, 6.45) is 2.51. The Morgan fingerprint density at radius 2 is 2.36 bits per heavy atom. The van der Waals surface area contributed by atoms with Crippen LogP contribution in [0.15, 0.2) is 18.4 Å². The van der Waals surface area contributed by atoms with Gasteiger partial charge in [0, 0.05) is 0 Å². The number of ketones is 1. The topological polar surface area (TPSA) is 37.3 Å². The minimum absolute atomic E-state index is 0.254. The van der Waals surface area contributed by atoms with Gasteiger partial charge in [0.1, 0.15) is 5.60 Å². The molecule has 62 valence electrons. The predicted octanol–water partition coefficient (Wildman–Crippen LogP) is 1.45. The molecule has 0 aromatic rings. The van der Waals surface area contributed by atoms with Crippen molar-refractivity contribution in [2.24, 2.45) is 0 Å². The van der Waals surface area contributed by atoms with E-state index >= 15 is 0 Å². The van der Waals surface area contributed by atoms with Gasteiger partial charge in [-0.25, -0.2) is 0 Å². The largest absolute Gasteiger partial charge is 0.377 e. The molecule has 11 heavy (non-hydrogen) atoms. The summed E-state index contributed by atoms with van der Waals surface area (Å²) in [7, 11) is 0. The van der Waals surface area contributed by atoms with E-state index < -0.39 is 5.60 Å². The monoisotopic (exact) mass is 154 g/mol. The summed E-state index contributed by atoms with van der Waals surface area (Å²) in [4.78, 5) is 10.9. The van der Waals surface area contributed by atoms with Crippen LogP contribution in [0, 0.1) is 0 Å². The number of aliphatic hydroxyl groups is 1. The first-order valence-electron chi connectivity index (χ1n) is 3.67. The quantitative estimate of drug-likeness (QED) is 0.622. The number of hydrogen-bond donors (Lipinski definition) is 1. The van der Waals surface area contributed by atoms with Crippen molar-refractivity contribution < 1.29 is 9.90 Å². The number of carbonyl (C=O) groups excluding carboxylic acids is 1. The van der Waals surface area contributed by atoms with E-state index in [9.17, 15) is 9.90 Å². The Bertz CT molecular complexity index is 186. The summed E-state index contributed by atoms with van der Waals surface area (Å²) in [6, 6.07) is 0. The number of hydrogen-bond acceptors (Lipinski definition) is 2. The van der Waals surface area contributed by atoms with Crippen molar-refractivity contribution in [3.05, 3.63) is 18.4 Å². The lowest BCUT2D eigenvalue weighted by Crippen LogP contribution is -2.33. The Morgan fingerprint density at radius 1 is 1.82 bits per heavy atom. The molecule has 0 spiro atoms. The van der Waals surface area contributed by atoms with Gasteiger partial charge in [0.05, 0.1) is 0 Å². The molecule has 0 aliphatic heterocycles. The Hall–Kier alpha value is -0.850. The van der Waals surface area contributed by atoms with E-state index in [0.29, 0.717) is 6.42 Å². The fourth-order valence-corrected chi connectivity index (χ4v) is 0.900. The van der Waals surface area contributed by atoms with E-state index in [1.807, 2.05) is 6.92 Å². The average molecular weight is 154 g/mol. The zero-order chi connectivity index (χ0) is 8.91. The zero-order valence-corrected chi connectivity index (χ0v) is 7.05. The lowest BCUT2D eigenvalue weighted by molar-refractivity contribution is -0.131. The van der Waals surface area contributed by atoms with Gasteiger partial charge in [-0.15, -0.1) is 5.73 Å². The summed E-state index contributed by atoms with van der Waals surface area (Å²) in [5.74, 6) is -0.254. The summed E-state index contributed by atoms with van der Waals surface area (Å²) in [5.41, 5.74) is 1.09. The van der Waals surface area contributed by atoms with E-state index in [0.717, 1.165) is 6.42 Å². The van der Waals surface area contributed by atoms with Gasteiger partial charge in [0.25, 0.3) is 0 Å². The van der Waals surface area contributed by atoms with Gasteiger partial charge in [-0.3, -0.25) is 4.79 Å². The lowest BCUT2D eigenvalue weighted by atomic mass is 9.94. The van der Waals surface area contributed by atoms with Crippen LogP contribution in [0.1, 0.15) is 26.7 Å². The normalized spacial score (nSPS) is 14.8. The zero-order valence-electron chi connectivity index (χ0n) is 7.05. The summed E-state index contributed by atoms with van der Waals surface area (Å²) in [6.45, 7) is 6.59. The Morgan fingerprint density at radius 3 is 2.64 bits per heavy atom. The van der Waals surface area contributed by atoms with Crippen molar-refractivity contribution in [2.75, 3.05) is 0 Å². The summed E-state index contributed by atoms with van der Waals surface area (Å²) >= 11 is 0. The van der Waals surface area contributed by atoms with Crippen molar-refractivity contribution >= 4 is 5.78 Å². The van der Waals surface area contributed by atoms with Gasteiger partial charge < -0.3 is 5.11 Å². The van der Waals surface area contributed by atoms with Crippen LogP contribution in [-0.2, 0) is 4.79 Å². The molecule has 0 rings (SSSR count). The minimum atomic E-state index is -1.34. The highest BCUT2D eigenvalue weighted by atomic mass is 16.3. The molecule has 1 atom stereocenters. The van der Waals surface area contributed by atoms with E-state index in [-0.39, 0.29) is 5.78 Å². The maximum Gasteiger partial charge on any atom is 0.165 e. The van der Waals surface area contributed by atoms with Crippen molar-refractivity contribution in [1.29, 1.82) is 0 Å². The smallest absolute Gasteiger partial charge is 0.165 e. The maximum atomic E-state index is 10.9. The molecule has 0 radical (unpaired) electrons. The van der Waals surface area contributed by atoms with Crippen LogP contribution >= 0.6 is 0 Å². The second-order valence-corrected chi connectivity index (χ2v) is 2.58. The highest BCUT2D eigenvalue weighted by molar-refractivity contribution is 5.86. The number of rotatable bonds is 4. The van der Waals surface area contributed by atoms with Crippen molar-refractivity contribution in [1.82, 2.24) is 0 Å². The SMILES string of the molecule is C=C=CC(O)(CCC)C(C)=O. The van der Waals surface area contributed by atoms with E-state index in [1.165, 1.54) is 13.0 Å². The molecular formula is C9H14O2. The second kappa shape index (κ2) is 4.12. The summed E-state index contributed by atoms with van der Waals surface area (Å²) in [5, 5.41) is 9.58. The van der Waals surface area contributed by atoms with Gasteiger partial charge in [-0.05, 0) is 19.4 Å². The first-order valence-corrected chi connectivity index (χ1v) is 3.67. The molecule has 0 heterocycles. The fraction of sp³-hybridized carbons (Fsp3) is 0.556. The number of carbonyl (C=O) groups is 1. The molecule has 0 amide bonds. The van der Waals surface area contributed by atoms with Crippen LogP contribution in [0.25, 0.3) is 0 Å². The van der Waals surface area contributed by atoms with Crippen molar-refractivity contribution in [3.63, 3.8) is 0 Å². The lowest BCUT2D eigenvalue weighted by Gasteiger charge is -2.18. The molecule has 1 N–H and O–H groups in total. The molecule has 0 aromatic heterocycles. The Kier molecular flexibility index (Phi) is 3.80. The van der Waals surface area contributed by atoms with Gasteiger partial charge in [-0.2, -0.15) is 0 Å². The number of Topliss-reactive ketones (excluding diaryl/α,β-unsaturated/α-hetero) is 1. The first kappa shape index (κ1) is 10.2. The average Bonchev–Trinajstić information content (AvgIpc) is 1.88. The standard InChI is InChI=1S/C9H14O2/c1-4-6-9(11,7-5-2)8(3)10/h6,11H,1,5,7H2,2-3H3. The van der Waals surface area contributed by atoms with Crippen LogP contribution in [0.3, 0.4) is 0 Å². The van der Waals surface area contributed by atoms with Crippen LogP contribution < -0.4 is 0 Å². The molecule has 0 fully saturated rings. The minimum Gasteiger partial charge on any atom is -0.377 e. The van der Waals surface area contributed by atoms with Gasteiger partial charge in [0.2, 0.25) is 0 Å². The van der Waals surface area contributed by atoms with Gasteiger partial charge >= 0.3 is 0 Å². The second-order valence-electron chi connectivity index (χ2n) is 2.58. The molecule has 0 saturated heterocycles. The van der Waals surface area contributed by atoms with E-state index in [4.69, 9.17) is 0 Å². The molecule has 2 heteroatoms. The van der Waals surface area contributed by atoms with Crippen LogP contribution in [0.2, 0.25) is 0 Å². The third-order valence-corrected chi connectivity index (χ3v) is 1.58. The molecule has 1 unspecified atom stereocenters. The first-order chi connectivity index (χ1) is 5.06. The van der Waals surface area contributed by atoms with Gasteiger partial charge in [0.15, 0.2) is 5.78 Å². The summed E-state index contributed by atoms with van der Waals surface area (Å²) < 4.78 is 0. The molecule has 0 aliphatic rings. The molecule has 0 aliphatic carbocycles. The van der Waals surface area contributed by atoms with Crippen LogP contribution in [-0.4, -0.2) is 16.5 Å². The molecule has 0 aromatic carbocycles. The van der Waals surface area contributed by atoms with E-state index in [2.05, 4.69) is 12.3 Å². The third-order valence-electron chi connectivity index (χ3n) is 1.58. The van der Waals surface area contributed by atoms with Crippen molar-refractivity contribution in [3.8, 4) is 0 Å². The maximum absolute atomic E-state index is 10.9. The Balaban J connectivity index is 4.51. The van der Waals surface area contributed by atoms with Crippen LogP contribution in [0.4, 0.5) is 0 Å². The van der Waals surface area contributed by atoms with E-state index in [1.54, 1.807) is 0 Å². The predicted molar refractivity (Wildman–Crippen MR) is 44.2 cm³/mol. The molecular weight excluding hydrogens is 140 g/mol.